The molecular weight excluding hydrogens is 386 g/mol. The highest BCUT2D eigenvalue weighted by Gasteiger charge is 2.06. The highest BCUT2D eigenvalue weighted by atomic mass is 35.5. The zero-order valence-corrected chi connectivity index (χ0v) is 16.7. The SMILES string of the molecule is Cc1ccc(NC(=O)CNc2cccc(OCc3cccc(C#N)c3)c2)c(Cl)c1. The van der Waals surface area contributed by atoms with Crippen molar-refractivity contribution in [1.82, 2.24) is 0 Å². The zero-order valence-electron chi connectivity index (χ0n) is 15.9. The van der Waals surface area contributed by atoms with Crippen molar-refractivity contribution in [1.29, 1.82) is 5.26 Å². The van der Waals surface area contributed by atoms with E-state index >= 15 is 0 Å². The van der Waals surface area contributed by atoms with Gasteiger partial charge in [0.25, 0.3) is 0 Å². The molecular formula is C23H20ClN3O2. The average molecular weight is 406 g/mol. The summed E-state index contributed by atoms with van der Waals surface area (Å²) in [5.41, 5.74) is 3.89. The Bertz CT molecular complexity index is 1060. The standard InChI is InChI=1S/C23H20ClN3O2/c1-16-8-9-22(21(24)10-16)27-23(28)14-26-19-6-3-7-20(12-19)29-15-18-5-2-4-17(11-18)13-25/h2-12,26H,14-15H2,1H3,(H,27,28). The van der Waals surface area contributed by atoms with Crippen LogP contribution in [-0.2, 0) is 11.4 Å². The Kier molecular flexibility index (Phi) is 6.72. The molecule has 0 aliphatic rings. The summed E-state index contributed by atoms with van der Waals surface area (Å²) in [4.78, 5) is 12.2. The number of carbonyl (C=O) groups excluding carboxylic acids is 1. The van der Waals surface area contributed by atoms with Gasteiger partial charge in [-0.1, -0.05) is 35.9 Å². The number of carbonyl (C=O) groups is 1. The van der Waals surface area contributed by atoms with Gasteiger partial charge in [-0.25, -0.2) is 0 Å². The van der Waals surface area contributed by atoms with Gasteiger partial charge in [0.1, 0.15) is 12.4 Å². The van der Waals surface area contributed by atoms with Crippen LogP contribution in [0.15, 0.2) is 66.7 Å². The number of benzene rings is 3. The Balaban J connectivity index is 1.54. The third-order valence-corrected chi connectivity index (χ3v) is 4.46. The van der Waals surface area contributed by atoms with E-state index in [1.54, 1.807) is 24.3 Å². The van der Waals surface area contributed by atoms with E-state index in [0.29, 0.717) is 28.6 Å². The van der Waals surface area contributed by atoms with Crippen LogP contribution in [0, 0.1) is 18.3 Å². The molecule has 0 saturated carbocycles. The quantitative estimate of drug-likeness (QED) is 0.570. The van der Waals surface area contributed by atoms with E-state index in [4.69, 9.17) is 21.6 Å². The molecule has 0 saturated heterocycles. The molecule has 0 aromatic heterocycles. The van der Waals surface area contributed by atoms with Gasteiger partial charge in [-0.05, 0) is 54.4 Å². The maximum atomic E-state index is 12.2. The highest BCUT2D eigenvalue weighted by Crippen LogP contribution is 2.23. The van der Waals surface area contributed by atoms with Crippen LogP contribution in [0.1, 0.15) is 16.7 Å². The molecule has 0 atom stereocenters. The summed E-state index contributed by atoms with van der Waals surface area (Å²) in [7, 11) is 0. The predicted molar refractivity (Wildman–Crippen MR) is 115 cm³/mol. The van der Waals surface area contributed by atoms with E-state index in [9.17, 15) is 4.79 Å². The van der Waals surface area contributed by atoms with Gasteiger partial charge in [0.2, 0.25) is 5.91 Å². The second-order valence-corrected chi connectivity index (χ2v) is 6.92. The zero-order chi connectivity index (χ0) is 20.6. The van der Waals surface area contributed by atoms with Crippen LogP contribution >= 0.6 is 11.6 Å². The molecule has 0 bridgehead atoms. The molecule has 3 rings (SSSR count). The van der Waals surface area contributed by atoms with Crippen molar-refractivity contribution < 1.29 is 9.53 Å². The molecule has 2 N–H and O–H groups in total. The third kappa shape index (κ3) is 6.00. The largest absolute Gasteiger partial charge is 0.489 e. The molecule has 29 heavy (non-hydrogen) atoms. The molecule has 0 fully saturated rings. The number of aryl methyl sites for hydroxylation is 1. The van der Waals surface area contributed by atoms with Gasteiger partial charge in [-0.3, -0.25) is 4.79 Å². The maximum absolute atomic E-state index is 12.2. The number of nitriles is 1. The number of halogens is 1. The summed E-state index contributed by atoms with van der Waals surface area (Å²) in [5, 5.41) is 15.3. The van der Waals surface area contributed by atoms with Crippen LogP contribution in [0.2, 0.25) is 5.02 Å². The minimum atomic E-state index is -0.199. The van der Waals surface area contributed by atoms with Gasteiger partial charge in [-0.2, -0.15) is 5.26 Å². The lowest BCUT2D eigenvalue weighted by Gasteiger charge is -2.11. The molecule has 0 aliphatic carbocycles. The first kappa shape index (κ1) is 20.2. The first-order valence-corrected chi connectivity index (χ1v) is 9.43. The van der Waals surface area contributed by atoms with E-state index in [-0.39, 0.29) is 12.5 Å². The Hall–Kier alpha value is -3.49. The number of ether oxygens (including phenoxy) is 1. The van der Waals surface area contributed by atoms with Gasteiger partial charge in [0.05, 0.1) is 28.9 Å². The molecule has 146 valence electrons. The smallest absolute Gasteiger partial charge is 0.243 e. The normalized spacial score (nSPS) is 10.1. The molecule has 1 amide bonds. The van der Waals surface area contributed by atoms with Gasteiger partial charge in [-0.15, -0.1) is 0 Å². The lowest BCUT2D eigenvalue weighted by atomic mass is 10.1. The van der Waals surface area contributed by atoms with Crippen molar-refractivity contribution in [3.63, 3.8) is 0 Å². The molecule has 5 nitrogen and oxygen atoms in total. The van der Waals surface area contributed by atoms with E-state index in [0.717, 1.165) is 16.8 Å². The summed E-state index contributed by atoms with van der Waals surface area (Å²) in [6, 6.07) is 22.2. The first-order chi connectivity index (χ1) is 14.0. The number of hydrogen-bond donors (Lipinski definition) is 2. The van der Waals surface area contributed by atoms with Crippen LogP contribution in [-0.4, -0.2) is 12.5 Å². The van der Waals surface area contributed by atoms with Crippen molar-refractivity contribution in [2.75, 3.05) is 17.2 Å². The molecule has 0 aliphatic heterocycles. The first-order valence-electron chi connectivity index (χ1n) is 9.05. The van der Waals surface area contributed by atoms with Gasteiger partial charge >= 0.3 is 0 Å². The van der Waals surface area contributed by atoms with Gasteiger partial charge in [0.15, 0.2) is 0 Å². The number of hydrogen-bond acceptors (Lipinski definition) is 4. The second kappa shape index (κ2) is 9.63. The number of nitrogens with one attached hydrogen (secondary N) is 2. The monoisotopic (exact) mass is 405 g/mol. The highest BCUT2D eigenvalue weighted by molar-refractivity contribution is 6.33. The lowest BCUT2D eigenvalue weighted by molar-refractivity contribution is -0.114. The third-order valence-electron chi connectivity index (χ3n) is 4.15. The Labute approximate surface area is 174 Å². The minimum absolute atomic E-state index is 0.0951. The van der Waals surface area contributed by atoms with Crippen LogP contribution < -0.4 is 15.4 Å². The number of anilines is 2. The van der Waals surface area contributed by atoms with Crippen molar-refractivity contribution >= 4 is 28.9 Å². The molecule has 0 spiro atoms. The number of amides is 1. The van der Waals surface area contributed by atoms with Gasteiger partial charge < -0.3 is 15.4 Å². The summed E-state index contributed by atoms with van der Waals surface area (Å²) in [6.07, 6.45) is 0. The fraction of sp³-hybridized carbons (Fsp3) is 0.130. The Morgan fingerprint density at radius 2 is 1.93 bits per heavy atom. The van der Waals surface area contributed by atoms with E-state index < -0.39 is 0 Å². The summed E-state index contributed by atoms with van der Waals surface area (Å²) < 4.78 is 5.79. The molecule has 0 unspecified atom stereocenters. The summed E-state index contributed by atoms with van der Waals surface area (Å²) in [6.45, 7) is 2.39. The lowest BCUT2D eigenvalue weighted by Crippen LogP contribution is -2.21. The molecule has 6 heteroatoms. The summed E-state index contributed by atoms with van der Waals surface area (Å²) >= 11 is 6.15. The van der Waals surface area contributed by atoms with E-state index in [1.165, 1.54) is 0 Å². The minimum Gasteiger partial charge on any atom is -0.489 e. The molecule has 0 heterocycles. The van der Waals surface area contributed by atoms with Crippen LogP contribution in [0.25, 0.3) is 0 Å². The van der Waals surface area contributed by atoms with Crippen molar-refractivity contribution in [2.24, 2.45) is 0 Å². The molecule has 3 aromatic rings. The van der Waals surface area contributed by atoms with Crippen molar-refractivity contribution in [3.8, 4) is 11.8 Å². The Morgan fingerprint density at radius 3 is 2.72 bits per heavy atom. The van der Waals surface area contributed by atoms with Crippen LogP contribution in [0.4, 0.5) is 11.4 Å². The molecule has 3 aromatic carbocycles. The maximum Gasteiger partial charge on any atom is 0.243 e. The second-order valence-electron chi connectivity index (χ2n) is 6.51. The number of rotatable bonds is 7. The van der Waals surface area contributed by atoms with Crippen molar-refractivity contribution in [2.45, 2.75) is 13.5 Å². The van der Waals surface area contributed by atoms with Crippen LogP contribution in [0.5, 0.6) is 5.75 Å². The van der Waals surface area contributed by atoms with E-state index in [1.807, 2.05) is 49.4 Å². The fourth-order valence-corrected chi connectivity index (χ4v) is 2.97. The fourth-order valence-electron chi connectivity index (χ4n) is 2.69. The topological polar surface area (TPSA) is 74.2 Å². The van der Waals surface area contributed by atoms with E-state index in [2.05, 4.69) is 16.7 Å². The summed E-state index contributed by atoms with van der Waals surface area (Å²) in [5.74, 6) is 0.467. The van der Waals surface area contributed by atoms with Crippen LogP contribution in [0.3, 0.4) is 0 Å². The molecule has 0 radical (unpaired) electrons. The number of nitrogens with zero attached hydrogens (tertiary/aromatic N) is 1. The average Bonchev–Trinajstić information content (AvgIpc) is 2.73. The van der Waals surface area contributed by atoms with Gasteiger partial charge in [0, 0.05) is 11.8 Å². The Morgan fingerprint density at radius 1 is 1.10 bits per heavy atom. The predicted octanol–water partition coefficient (Wildman–Crippen LogP) is 5.15. The van der Waals surface area contributed by atoms with Crippen molar-refractivity contribution in [3.05, 3.63) is 88.4 Å².